The third-order valence-corrected chi connectivity index (χ3v) is 6.04. The monoisotopic (exact) mass is 396 g/mol. The highest BCUT2D eigenvalue weighted by molar-refractivity contribution is 7.89. The SMILES string of the molecule is CCN(CC)S(=O)(=O)c1ccc(Cl)c(NC(=O)COc2ccccc2)c1. The number of benzene rings is 2. The van der Waals surface area contributed by atoms with Gasteiger partial charge in [-0.25, -0.2) is 8.42 Å². The van der Waals surface area contributed by atoms with Gasteiger partial charge in [0.2, 0.25) is 10.0 Å². The molecule has 0 saturated carbocycles. The highest BCUT2D eigenvalue weighted by Crippen LogP contribution is 2.27. The largest absolute Gasteiger partial charge is 0.484 e. The van der Waals surface area contributed by atoms with E-state index < -0.39 is 15.9 Å². The molecule has 0 radical (unpaired) electrons. The molecule has 6 nitrogen and oxygen atoms in total. The van der Waals surface area contributed by atoms with Gasteiger partial charge in [0.15, 0.2) is 6.61 Å². The third-order valence-electron chi connectivity index (χ3n) is 3.67. The highest BCUT2D eigenvalue weighted by atomic mass is 35.5. The Balaban J connectivity index is 2.13. The van der Waals surface area contributed by atoms with Crippen LogP contribution < -0.4 is 10.1 Å². The molecule has 26 heavy (non-hydrogen) atoms. The lowest BCUT2D eigenvalue weighted by Gasteiger charge is -2.19. The Kier molecular flexibility index (Phi) is 7.02. The first kappa shape index (κ1) is 20.2. The zero-order valence-corrected chi connectivity index (χ0v) is 16.2. The number of anilines is 1. The number of halogens is 1. The van der Waals surface area contributed by atoms with Crippen LogP contribution in [0.1, 0.15) is 13.8 Å². The summed E-state index contributed by atoms with van der Waals surface area (Å²) in [5.41, 5.74) is 0.224. The molecule has 140 valence electrons. The summed E-state index contributed by atoms with van der Waals surface area (Å²) in [7, 11) is -3.64. The van der Waals surface area contributed by atoms with E-state index >= 15 is 0 Å². The zero-order chi connectivity index (χ0) is 19.2. The van der Waals surface area contributed by atoms with Crippen molar-refractivity contribution in [3.8, 4) is 5.75 Å². The van der Waals surface area contributed by atoms with Gasteiger partial charge in [0.25, 0.3) is 5.91 Å². The Morgan fingerprint density at radius 2 is 1.77 bits per heavy atom. The third kappa shape index (κ3) is 4.97. The van der Waals surface area contributed by atoms with E-state index in [1.807, 2.05) is 6.07 Å². The van der Waals surface area contributed by atoms with E-state index in [1.165, 1.54) is 22.5 Å². The van der Waals surface area contributed by atoms with Gasteiger partial charge in [-0.1, -0.05) is 43.6 Å². The lowest BCUT2D eigenvalue weighted by atomic mass is 10.3. The molecule has 0 aromatic heterocycles. The predicted molar refractivity (Wildman–Crippen MR) is 102 cm³/mol. The molecule has 0 aliphatic heterocycles. The van der Waals surface area contributed by atoms with Gasteiger partial charge in [0.05, 0.1) is 15.6 Å². The number of carbonyl (C=O) groups excluding carboxylic acids is 1. The van der Waals surface area contributed by atoms with Gasteiger partial charge in [-0.15, -0.1) is 0 Å². The van der Waals surface area contributed by atoms with E-state index in [0.29, 0.717) is 18.8 Å². The summed E-state index contributed by atoms with van der Waals surface area (Å²) < 4.78 is 31.9. The first-order valence-corrected chi connectivity index (χ1v) is 9.97. The minimum atomic E-state index is -3.64. The topological polar surface area (TPSA) is 75.7 Å². The van der Waals surface area contributed by atoms with Crippen LogP contribution >= 0.6 is 11.6 Å². The standard InChI is InChI=1S/C18H21ClN2O4S/c1-3-21(4-2)26(23,24)15-10-11-16(19)17(12-15)20-18(22)13-25-14-8-6-5-7-9-14/h5-12H,3-4,13H2,1-2H3,(H,20,22). The Morgan fingerprint density at radius 1 is 1.12 bits per heavy atom. The van der Waals surface area contributed by atoms with Crippen molar-refractivity contribution in [3.63, 3.8) is 0 Å². The van der Waals surface area contributed by atoms with Crippen molar-refractivity contribution in [2.45, 2.75) is 18.7 Å². The molecule has 0 unspecified atom stereocenters. The molecule has 0 aliphatic rings. The molecule has 0 bridgehead atoms. The van der Waals surface area contributed by atoms with E-state index in [2.05, 4.69) is 5.32 Å². The van der Waals surface area contributed by atoms with Crippen LogP contribution in [0.2, 0.25) is 5.02 Å². The maximum Gasteiger partial charge on any atom is 0.262 e. The van der Waals surface area contributed by atoms with Crippen LogP contribution in [0.25, 0.3) is 0 Å². The van der Waals surface area contributed by atoms with Crippen LogP contribution in [0, 0.1) is 0 Å². The summed E-state index contributed by atoms with van der Waals surface area (Å²) in [4.78, 5) is 12.2. The van der Waals surface area contributed by atoms with Crippen molar-refractivity contribution in [1.29, 1.82) is 0 Å². The predicted octanol–water partition coefficient (Wildman–Crippen LogP) is 3.39. The fourth-order valence-electron chi connectivity index (χ4n) is 2.33. The number of rotatable bonds is 8. The van der Waals surface area contributed by atoms with Gasteiger partial charge in [-0.05, 0) is 30.3 Å². The number of sulfonamides is 1. The Morgan fingerprint density at radius 3 is 2.38 bits per heavy atom. The number of nitrogens with zero attached hydrogens (tertiary/aromatic N) is 1. The van der Waals surface area contributed by atoms with Crippen LogP contribution in [0.4, 0.5) is 5.69 Å². The molecule has 8 heteroatoms. The van der Waals surface area contributed by atoms with E-state index in [1.54, 1.807) is 38.1 Å². The molecule has 0 saturated heterocycles. The number of ether oxygens (including phenoxy) is 1. The van der Waals surface area contributed by atoms with Crippen LogP contribution in [0.15, 0.2) is 53.4 Å². The first-order valence-electron chi connectivity index (χ1n) is 8.15. The van der Waals surface area contributed by atoms with Gasteiger partial charge < -0.3 is 10.1 Å². The van der Waals surface area contributed by atoms with Crippen molar-refractivity contribution in [1.82, 2.24) is 4.31 Å². The van der Waals surface area contributed by atoms with E-state index in [4.69, 9.17) is 16.3 Å². The fourth-order valence-corrected chi connectivity index (χ4v) is 3.97. The second-order valence-electron chi connectivity index (χ2n) is 5.38. The molecular formula is C18H21ClN2O4S. The van der Waals surface area contributed by atoms with E-state index in [-0.39, 0.29) is 22.2 Å². The van der Waals surface area contributed by atoms with Gasteiger partial charge in [-0.3, -0.25) is 4.79 Å². The van der Waals surface area contributed by atoms with Crippen molar-refractivity contribution >= 4 is 33.2 Å². The molecule has 0 fully saturated rings. The average Bonchev–Trinajstić information content (AvgIpc) is 2.63. The molecule has 2 aromatic carbocycles. The number of hydrogen-bond acceptors (Lipinski definition) is 4. The maximum absolute atomic E-state index is 12.6. The number of carbonyl (C=O) groups is 1. The van der Waals surface area contributed by atoms with Gasteiger partial charge in [-0.2, -0.15) is 4.31 Å². The van der Waals surface area contributed by atoms with Crippen molar-refractivity contribution < 1.29 is 17.9 Å². The molecule has 2 aromatic rings. The molecule has 1 amide bonds. The van der Waals surface area contributed by atoms with Crippen LogP contribution in [-0.2, 0) is 14.8 Å². The molecule has 0 heterocycles. The Labute approximate surface area is 158 Å². The minimum absolute atomic E-state index is 0.0740. The van der Waals surface area contributed by atoms with Crippen molar-refractivity contribution in [2.24, 2.45) is 0 Å². The van der Waals surface area contributed by atoms with E-state index in [9.17, 15) is 13.2 Å². The van der Waals surface area contributed by atoms with Crippen LogP contribution in [0.5, 0.6) is 5.75 Å². The summed E-state index contributed by atoms with van der Waals surface area (Å²) in [6.07, 6.45) is 0. The number of hydrogen-bond donors (Lipinski definition) is 1. The summed E-state index contributed by atoms with van der Waals surface area (Å²) in [6.45, 7) is 4.02. The first-order chi connectivity index (χ1) is 12.4. The Bertz CT molecular complexity index is 853. The van der Waals surface area contributed by atoms with E-state index in [0.717, 1.165) is 0 Å². The smallest absolute Gasteiger partial charge is 0.262 e. The number of nitrogens with one attached hydrogen (secondary N) is 1. The average molecular weight is 397 g/mol. The fraction of sp³-hybridized carbons (Fsp3) is 0.278. The molecule has 0 atom stereocenters. The van der Waals surface area contributed by atoms with Crippen molar-refractivity contribution in [3.05, 3.63) is 53.6 Å². The van der Waals surface area contributed by atoms with Crippen LogP contribution in [-0.4, -0.2) is 38.3 Å². The lowest BCUT2D eigenvalue weighted by molar-refractivity contribution is -0.118. The second-order valence-corrected chi connectivity index (χ2v) is 7.73. The summed E-state index contributed by atoms with van der Waals surface area (Å²) in [5.74, 6) is 0.125. The minimum Gasteiger partial charge on any atom is -0.484 e. The van der Waals surface area contributed by atoms with Crippen LogP contribution in [0.3, 0.4) is 0 Å². The lowest BCUT2D eigenvalue weighted by Crippen LogP contribution is -2.30. The van der Waals surface area contributed by atoms with Gasteiger partial charge >= 0.3 is 0 Å². The molecule has 2 rings (SSSR count). The summed E-state index contributed by atoms with van der Waals surface area (Å²) >= 11 is 6.09. The quantitative estimate of drug-likeness (QED) is 0.742. The highest BCUT2D eigenvalue weighted by Gasteiger charge is 2.22. The van der Waals surface area contributed by atoms with Crippen molar-refractivity contribution in [2.75, 3.05) is 25.0 Å². The molecule has 0 aliphatic carbocycles. The van der Waals surface area contributed by atoms with Gasteiger partial charge in [0, 0.05) is 13.1 Å². The number of amides is 1. The Hall–Kier alpha value is -2.09. The maximum atomic E-state index is 12.6. The molecule has 0 spiro atoms. The number of para-hydroxylation sites is 1. The summed E-state index contributed by atoms with van der Waals surface area (Å²) in [6, 6.07) is 13.1. The zero-order valence-electron chi connectivity index (χ0n) is 14.6. The summed E-state index contributed by atoms with van der Waals surface area (Å²) in [5, 5.41) is 2.84. The molecular weight excluding hydrogens is 376 g/mol. The molecule has 1 N–H and O–H groups in total. The normalized spacial score (nSPS) is 11.4. The second kappa shape index (κ2) is 9.02. The van der Waals surface area contributed by atoms with Gasteiger partial charge in [0.1, 0.15) is 5.75 Å².